The SMILES string of the molecule is Cc1ccc(NC(=O)C(C)NC2CCCCC2C)cc1. The van der Waals surface area contributed by atoms with Crippen molar-refractivity contribution in [2.24, 2.45) is 5.92 Å². The summed E-state index contributed by atoms with van der Waals surface area (Å²) >= 11 is 0. The van der Waals surface area contributed by atoms with E-state index < -0.39 is 0 Å². The van der Waals surface area contributed by atoms with Crippen molar-refractivity contribution in [3.05, 3.63) is 29.8 Å². The lowest BCUT2D eigenvalue weighted by atomic mass is 9.85. The second-order valence-corrected chi connectivity index (χ2v) is 6.11. The Hall–Kier alpha value is -1.35. The Bertz CT molecular complexity index is 441. The topological polar surface area (TPSA) is 41.1 Å². The molecule has 1 saturated carbocycles. The fourth-order valence-electron chi connectivity index (χ4n) is 2.85. The summed E-state index contributed by atoms with van der Waals surface area (Å²) in [4.78, 5) is 12.2. The van der Waals surface area contributed by atoms with Crippen LogP contribution < -0.4 is 10.6 Å². The predicted octanol–water partition coefficient (Wildman–Crippen LogP) is 3.49. The number of hydrogen-bond donors (Lipinski definition) is 2. The van der Waals surface area contributed by atoms with Crippen molar-refractivity contribution in [3.63, 3.8) is 0 Å². The van der Waals surface area contributed by atoms with Gasteiger partial charge < -0.3 is 10.6 Å². The van der Waals surface area contributed by atoms with Crippen LogP contribution in [0.4, 0.5) is 5.69 Å². The van der Waals surface area contributed by atoms with Crippen molar-refractivity contribution in [3.8, 4) is 0 Å². The Morgan fingerprint density at radius 2 is 1.85 bits per heavy atom. The molecule has 1 fully saturated rings. The summed E-state index contributed by atoms with van der Waals surface area (Å²) < 4.78 is 0. The first kappa shape index (κ1) is 15.0. The lowest BCUT2D eigenvalue weighted by Gasteiger charge is -2.31. The van der Waals surface area contributed by atoms with Gasteiger partial charge in [0.1, 0.15) is 0 Å². The smallest absolute Gasteiger partial charge is 0.241 e. The van der Waals surface area contributed by atoms with E-state index in [0.717, 1.165) is 5.69 Å². The van der Waals surface area contributed by atoms with E-state index in [9.17, 15) is 4.79 Å². The number of benzene rings is 1. The molecule has 0 radical (unpaired) electrons. The van der Waals surface area contributed by atoms with Gasteiger partial charge in [0, 0.05) is 11.7 Å². The Balaban J connectivity index is 1.86. The van der Waals surface area contributed by atoms with E-state index in [4.69, 9.17) is 0 Å². The largest absolute Gasteiger partial charge is 0.325 e. The zero-order valence-electron chi connectivity index (χ0n) is 12.8. The van der Waals surface area contributed by atoms with Crippen molar-refractivity contribution < 1.29 is 4.79 Å². The lowest BCUT2D eigenvalue weighted by molar-refractivity contribution is -0.118. The van der Waals surface area contributed by atoms with Gasteiger partial charge in [0.25, 0.3) is 0 Å². The number of nitrogens with one attached hydrogen (secondary N) is 2. The summed E-state index contributed by atoms with van der Waals surface area (Å²) in [7, 11) is 0. The summed E-state index contributed by atoms with van der Waals surface area (Å²) in [5.41, 5.74) is 2.07. The molecule has 0 aliphatic heterocycles. The molecule has 0 bridgehead atoms. The summed E-state index contributed by atoms with van der Waals surface area (Å²) in [6, 6.07) is 8.24. The summed E-state index contributed by atoms with van der Waals surface area (Å²) in [6.45, 7) is 6.27. The average Bonchev–Trinajstić information content (AvgIpc) is 2.44. The normalized spacial score (nSPS) is 24.1. The summed E-state index contributed by atoms with van der Waals surface area (Å²) in [6.07, 6.45) is 5.05. The van der Waals surface area contributed by atoms with Gasteiger partial charge in [0.2, 0.25) is 5.91 Å². The van der Waals surface area contributed by atoms with Crippen LogP contribution in [0.2, 0.25) is 0 Å². The fourth-order valence-corrected chi connectivity index (χ4v) is 2.85. The maximum Gasteiger partial charge on any atom is 0.241 e. The van der Waals surface area contributed by atoms with Crippen LogP contribution in [0, 0.1) is 12.8 Å². The third-order valence-corrected chi connectivity index (χ3v) is 4.29. The van der Waals surface area contributed by atoms with Gasteiger partial charge in [-0.2, -0.15) is 0 Å². The van der Waals surface area contributed by atoms with Gasteiger partial charge >= 0.3 is 0 Å². The zero-order chi connectivity index (χ0) is 14.5. The first-order chi connectivity index (χ1) is 9.56. The molecule has 3 unspecified atom stereocenters. The molecule has 3 nitrogen and oxygen atoms in total. The maximum atomic E-state index is 12.2. The Kier molecular flexibility index (Phi) is 5.18. The van der Waals surface area contributed by atoms with Crippen LogP contribution in [0.3, 0.4) is 0 Å². The highest BCUT2D eigenvalue weighted by Gasteiger charge is 2.24. The van der Waals surface area contributed by atoms with Gasteiger partial charge in [-0.3, -0.25) is 4.79 Å². The average molecular weight is 274 g/mol. The monoisotopic (exact) mass is 274 g/mol. The third kappa shape index (κ3) is 4.07. The van der Waals surface area contributed by atoms with E-state index in [-0.39, 0.29) is 11.9 Å². The second kappa shape index (κ2) is 6.89. The van der Waals surface area contributed by atoms with Crippen LogP contribution in [0.15, 0.2) is 24.3 Å². The second-order valence-electron chi connectivity index (χ2n) is 6.11. The van der Waals surface area contributed by atoms with Crippen LogP contribution in [-0.2, 0) is 4.79 Å². The molecular weight excluding hydrogens is 248 g/mol. The predicted molar refractivity (Wildman–Crippen MR) is 83.8 cm³/mol. The van der Waals surface area contributed by atoms with Crippen LogP contribution >= 0.6 is 0 Å². The van der Waals surface area contributed by atoms with E-state index >= 15 is 0 Å². The molecule has 1 aliphatic rings. The van der Waals surface area contributed by atoms with Crippen molar-refractivity contribution in [1.29, 1.82) is 0 Å². The third-order valence-electron chi connectivity index (χ3n) is 4.29. The molecule has 2 rings (SSSR count). The zero-order valence-corrected chi connectivity index (χ0v) is 12.8. The van der Waals surface area contributed by atoms with Gasteiger partial charge in [-0.1, -0.05) is 37.5 Å². The number of carbonyl (C=O) groups excluding carboxylic acids is 1. The molecule has 0 spiro atoms. The van der Waals surface area contributed by atoms with Crippen molar-refractivity contribution in [2.45, 2.75) is 58.5 Å². The molecule has 2 N–H and O–H groups in total. The highest BCUT2D eigenvalue weighted by Crippen LogP contribution is 2.24. The highest BCUT2D eigenvalue weighted by molar-refractivity contribution is 5.94. The number of anilines is 1. The molecule has 3 atom stereocenters. The number of hydrogen-bond acceptors (Lipinski definition) is 2. The molecule has 0 aromatic heterocycles. The molecular formula is C17H26N2O. The minimum Gasteiger partial charge on any atom is -0.325 e. The van der Waals surface area contributed by atoms with Gasteiger partial charge in [-0.05, 0) is 44.7 Å². The molecule has 1 aromatic rings. The van der Waals surface area contributed by atoms with Crippen LogP contribution in [-0.4, -0.2) is 18.0 Å². The first-order valence-corrected chi connectivity index (χ1v) is 7.70. The van der Waals surface area contributed by atoms with Crippen LogP contribution in [0.5, 0.6) is 0 Å². The fraction of sp³-hybridized carbons (Fsp3) is 0.588. The maximum absolute atomic E-state index is 12.2. The Morgan fingerprint density at radius 3 is 2.50 bits per heavy atom. The molecule has 0 saturated heterocycles. The van der Waals surface area contributed by atoms with Gasteiger partial charge in [-0.15, -0.1) is 0 Å². The van der Waals surface area contributed by atoms with E-state index in [1.54, 1.807) is 0 Å². The van der Waals surface area contributed by atoms with Crippen molar-refractivity contribution >= 4 is 11.6 Å². The van der Waals surface area contributed by atoms with E-state index in [0.29, 0.717) is 12.0 Å². The van der Waals surface area contributed by atoms with E-state index in [2.05, 4.69) is 17.6 Å². The van der Waals surface area contributed by atoms with E-state index in [1.165, 1.54) is 31.2 Å². The molecule has 20 heavy (non-hydrogen) atoms. The Labute approximate surface area is 122 Å². The molecule has 1 amide bonds. The number of aryl methyl sites for hydroxylation is 1. The number of carbonyl (C=O) groups is 1. The molecule has 0 heterocycles. The van der Waals surface area contributed by atoms with Gasteiger partial charge in [0.15, 0.2) is 0 Å². The van der Waals surface area contributed by atoms with Crippen LogP contribution in [0.1, 0.15) is 45.1 Å². The van der Waals surface area contributed by atoms with Crippen molar-refractivity contribution in [2.75, 3.05) is 5.32 Å². The van der Waals surface area contributed by atoms with E-state index in [1.807, 2.05) is 38.1 Å². The minimum atomic E-state index is -0.151. The molecule has 1 aliphatic carbocycles. The quantitative estimate of drug-likeness (QED) is 0.882. The first-order valence-electron chi connectivity index (χ1n) is 7.70. The van der Waals surface area contributed by atoms with Gasteiger partial charge in [0.05, 0.1) is 6.04 Å². The highest BCUT2D eigenvalue weighted by atomic mass is 16.2. The van der Waals surface area contributed by atoms with Crippen LogP contribution in [0.25, 0.3) is 0 Å². The van der Waals surface area contributed by atoms with Gasteiger partial charge in [-0.25, -0.2) is 0 Å². The Morgan fingerprint density at radius 1 is 1.20 bits per heavy atom. The molecule has 110 valence electrons. The van der Waals surface area contributed by atoms with Crippen molar-refractivity contribution in [1.82, 2.24) is 5.32 Å². The minimum absolute atomic E-state index is 0.0478. The summed E-state index contributed by atoms with van der Waals surface area (Å²) in [5, 5.41) is 6.46. The lowest BCUT2D eigenvalue weighted by Crippen LogP contribution is -2.47. The standard InChI is InChI=1S/C17H26N2O/c1-12-8-10-15(11-9-12)19-17(20)14(3)18-16-7-5-4-6-13(16)2/h8-11,13-14,16,18H,4-7H2,1-3H3,(H,19,20). The summed E-state index contributed by atoms with van der Waals surface area (Å²) in [5.74, 6) is 0.713. The molecule has 1 aromatic carbocycles. The molecule has 3 heteroatoms. The number of amides is 1. The number of rotatable bonds is 4.